The first-order valence-corrected chi connectivity index (χ1v) is 10.6. The zero-order valence-corrected chi connectivity index (χ0v) is 19.1. The molecule has 34 heavy (non-hydrogen) atoms. The van der Waals surface area contributed by atoms with Crippen LogP contribution in [0.15, 0.2) is 76.3 Å². The maximum absolute atomic E-state index is 14.2. The van der Waals surface area contributed by atoms with Gasteiger partial charge in [-0.3, -0.25) is 23.6 Å². The first-order chi connectivity index (χ1) is 16.2. The fraction of sp³-hybridized carbons (Fsp3) is 0.0435. The summed E-state index contributed by atoms with van der Waals surface area (Å²) in [5.74, 6) is -2.49. The molecule has 2 heterocycles. The van der Waals surface area contributed by atoms with Crippen molar-refractivity contribution >= 4 is 39.2 Å². The van der Waals surface area contributed by atoms with E-state index >= 15 is 0 Å². The topological polar surface area (TPSA) is 98.0 Å². The van der Waals surface area contributed by atoms with Crippen LogP contribution in [-0.2, 0) is 7.05 Å². The number of hydrogen-bond donors (Lipinski definition) is 2. The average molecular weight is 528 g/mol. The van der Waals surface area contributed by atoms with Gasteiger partial charge in [0.05, 0.1) is 17.4 Å². The second kappa shape index (κ2) is 9.40. The number of aryl methyl sites for hydroxylation is 1. The highest BCUT2D eigenvalue weighted by molar-refractivity contribution is 9.10. The van der Waals surface area contributed by atoms with Crippen LogP contribution in [-0.4, -0.2) is 26.2 Å². The summed E-state index contributed by atoms with van der Waals surface area (Å²) in [5.41, 5.74) is -0.790. The monoisotopic (exact) mass is 527 g/mol. The highest BCUT2D eigenvalue weighted by Gasteiger charge is 2.17. The number of aromatic nitrogens is 3. The molecule has 2 aromatic heterocycles. The predicted molar refractivity (Wildman–Crippen MR) is 125 cm³/mol. The summed E-state index contributed by atoms with van der Waals surface area (Å²) in [6.07, 6.45) is 2.58. The van der Waals surface area contributed by atoms with Crippen molar-refractivity contribution in [2.45, 2.75) is 0 Å². The number of nitrogens with zero attached hydrogens (tertiary/aromatic N) is 3. The summed E-state index contributed by atoms with van der Waals surface area (Å²) in [7, 11) is 1.68. The van der Waals surface area contributed by atoms with E-state index in [0.717, 1.165) is 29.0 Å². The van der Waals surface area contributed by atoms with Gasteiger partial charge in [-0.2, -0.15) is 5.10 Å². The summed E-state index contributed by atoms with van der Waals surface area (Å²) >= 11 is 3.32. The van der Waals surface area contributed by atoms with Gasteiger partial charge in [-0.25, -0.2) is 8.78 Å². The lowest BCUT2D eigenvalue weighted by atomic mass is 10.1. The number of hydrogen-bond acceptors (Lipinski definition) is 4. The summed E-state index contributed by atoms with van der Waals surface area (Å²) in [6, 6.07) is 11.7. The number of pyridine rings is 1. The van der Waals surface area contributed by atoms with E-state index in [1.165, 1.54) is 29.1 Å². The van der Waals surface area contributed by atoms with E-state index in [1.54, 1.807) is 25.2 Å². The molecule has 2 N–H and O–H groups in total. The Hall–Kier alpha value is -4.12. The Labute approximate surface area is 200 Å². The summed E-state index contributed by atoms with van der Waals surface area (Å²) < 4.78 is 31.1. The van der Waals surface area contributed by atoms with Gasteiger partial charge in [-0.1, -0.05) is 6.07 Å². The second-order valence-corrected chi connectivity index (χ2v) is 7.99. The van der Waals surface area contributed by atoms with Gasteiger partial charge in [0.25, 0.3) is 17.4 Å². The molecule has 0 bridgehead atoms. The van der Waals surface area contributed by atoms with Gasteiger partial charge in [0.1, 0.15) is 23.1 Å². The highest BCUT2D eigenvalue weighted by atomic mass is 79.9. The third-order valence-electron chi connectivity index (χ3n) is 4.89. The van der Waals surface area contributed by atoms with Crippen LogP contribution in [0.4, 0.5) is 20.3 Å². The number of amides is 2. The van der Waals surface area contributed by atoms with Crippen LogP contribution in [0.25, 0.3) is 5.69 Å². The minimum Gasteiger partial charge on any atom is -0.321 e. The average Bonchev–Trinajstić information content (AvgIpc) is 3.20. The lowest BCUT2D eigenvalue weighted by Crippen LogP contribution is -2.22. The number of para-hydroxylation sites is 1. The van der Waals surface area contributed by atoms with Crippen LogP contribution >= 0.6 is 15.9 Å². The van der Waals surface area contributed by atoms with Crippen molar-refractivity contribution in [3.63, 3.8) is 0 Å². The quantitative estimate of drug-likeness (QED) is 0.408. The van der Waals surface area contributed by atoms with Gasteiger partial charge in [0, 0.05) is 35.4 Å². The van der Waals surface area contributed by atoms with Crippen molar-refractivity contribution in [1.29, 1.82) is 0 Å². The molecule has 0 saturated heterocycles. The molecule has 0 saturated carbocycles. The van der Waals surface area contributed by atoms with Crippen LogP contribution in [0.1, 0.15) is 20.7 Å². The van der Waals surface area contributed by atoms with Gasteiger partial charge in [-0.15, -0.1) is 0 Å². The standard InChI is InChI=1S/C23H16BrF2N5O3/c1-30-19(9-10-27-30)29-22(33)13-5-7-15(24)18(11-13)28-23(34)14-6-8-20(32)31(12-14)21-16(25)3-2-4-17(21)26/h2-12H,1H3,(H,28,34)(H,29,33). The number of halogens is 3. The van der Waals surface area contributed by atoms with Crippen molar-refractivity contribution < 1.29 is 18.4 Å². The van der Waals surface area contributed by atoms with Crippen molar-refractivity contribution in [1.82, 2.24) is 14.3 Å². The molecule has 0 aliphatic rings. The molecule has 2 amide bonds. The minimum atomic E-state index is -0.950. The van der Waals surface area contributed by atoms with Crippen molar-refractivity contribution in [3.05, 3.63) is 105 Å². The maximum atomic E-state index is 14.2. The van der Waals surface area contributed by atoms with Crippen LogP contribution in [0.2, 0.25) is 0 Å². The van der Waals surface area contributed by atoms with Gasteiger partial charge in [-0.05, 0) is 52.3 Å². The van der Waals surface area contributed by atoms with Gasteiger partial charge in [0.2, 0.25) is 0 Å². The van der Waals surface area contributed by atoms with Crippen LogP contribution < -0.4 is 16.2 Å². The Morgan fingerprint density at radius 2 is 1.62 bits per heavy atom. The number of rotatable bonds is 5. The molecule has 8 nitrogen and oxygen atoms in total. The number of nitrogens with one attached hydrogen (secondary N) is 2. The molecule has 0 atom stereocenters. The maximum Gasteiger partial charge on any atom is 0.257 e. The Morgan fingerprint density at radius 1 is 0.941 bits per heavy atom. The van der Waals surface area contributed by atoms with Gasteiger partial charge < -0.3 is 10.6 Å². The first-order valence-electron chi connectivity index (χ1n) is 9.82. The fourth-order valence-electron chi connectivity index (χ4n) is 3.16. The van der Waals surface area contributed by atoms with Crippen molar-refractivity contribution in [2.24, 2.45) is 7.05 Å². The lowest BCUT2D eigenvalue weighted by Gasteiger charge is -2.12. The third kappa shape index (κ3) is 4.64. The van der Waals surface area contributed by atoms with E-state index in [9.17, 15) is 23.2 Å². The summed E-state index contributed by atoms with van der Waals surface area (Å²) in [4.78, 5) is 37.7. The van der Waals surface area contributed by atoms with E-state index < -0.39 is 34.7 Å². The molecule has 0 aliphatic carbocycles. The van der Waals surface area contributed by atoms with Crippen molar-refractivity contribution in [3.8, 4) is 5.69 Å². The first kappa shape index (κ1) is 23.1. The minimum absolute atomic E-state index is 0.0288. The molecule has 0 unspecified atom stereocenters. The van der Waals surface area contributed by atoms with E-state index in [1.807, 2.05) is 0 Å². The van der Waals surface area contributed by atoms with E-state index in [4.69, 9.17) is 0 Å². The lowest BCUT2D eigenvalue weighted by molar-refractivity contribution is 0.101. The third-order valence-corrected chi connectivity index (χ3v) is 5.58. The number of carbonyl (C=O) groups excluding carboxylic acids is 2. The Kier molecular flexibility index (Phi) is 6.37. The zero-order valence-electron chi connectivity index (χ0n) is 17.6. The molecule has 0 spiro atoms. The van der Waals surface area contributed by atoms with E-state index in [-0.39, 0.29) is 16.8 Å². The van der Waals surface area contributed by atoms with E-state index in [0.29, 0.717) is 10.3 Å². The fourth-order valence-corrected chi connectivity index (χ4v) is 3.50. The smallest absolute Gasteiger partial charge is 0.257 e. The molecular formula is C23H16BrF2N5O3. The van der Waals surface area contributed by atoms with E-state index in [2.05, 4.69) is 31.7 Å². The molecular weight excluding hydrogens is 512 g/mol. The van der Waals surface area contributed by atoms with Gasteiger partial charge in [0.15, 0.2) is 0 Å². The summed E-state index contributed by atoms with van der Waals surface area (Å²) in [6.45, 7) is 0. The van der Waals surface area contributed by atoms with Gasteiger partial charge >= 0.3 is 0 Å². The molecule has 172 valence electrons. The van der Waals surface area contributed by atoms with Crippen molar-refractivity contribution in [2.75, 3.05) is 10.6 Å². The Balaban J connectivity index is 1.61. The van der Waals surface area contributed by atoms with Crippen LogP contribution in [0.5, 0.6) is 0 Å². The predicted octanol–water partition coefficient (Wildman–Crippen LogP) is 4.12. The number of anilines is 2. The van der Waals surface area contributed by atoms with Crippen LogP contribution in [0, 0.1) is 11.6 Å². The molecule has 11 heteroatoms. The largest absolute Gasteiger partial charge is 0.321 e. The SMILES string of the molecule is Cn1nccc1NC(=O)c1ccc(Br)c(NC(=O)c2ccc(=O)n(-c3c(F)cccc3F)c2)c1. The normalized spacial score (nSPS) is 10.7. The molecule has 4 rings (SSSR count). The molecule has 0 radical (unpaired) electrons. The molecule has 0 aliphatic heterocycles. The summed E-state index contributed by atoms with van der Waals surface area (Å²) in [5, 5.41) is 9.32. The molecule has 2 aromatic carbocycles. The highest BCUT2D eigenvalue weighted by Crippen LogP contribution is 2.25. The number of carbonyl (C=O) groups is 2. The molecule has 0 fully saturated rings. The second-order valence-electron chi connectivity index (χ2n) is 7.14. The Morgan fingerprint density at radius 3 is 2.29 bits per heavy atom. The van der Waals surface area contributed by atoms with Crippen LogP contribution in [0.3, 0.4) is 0 Å². The zero-order chi connectivity index (χ0) is 24.4. The molecule has 4 aromatic rings. The Bertz CT molecular complexity index is 1460. The number of benzene rings is 2.